The van der Waals surface area contributed by atoms with Gasteiger partial charge >= 0.3 is 0 Å². The highest BCUT2D eigenvalue weighted by Gasteiger charge is 2.09. The lowest BCUT2D eigenvalue weighted by atomic mass is 10.2. The molecule has 1 amide bonds. The number of rotatable bonds is 2. The van der Waals surface area contributed by atoms with E-state index < -0.39 is 0 Å². The SMILES string of the molecule is CONC(=O)c1ccoc1C. The molecule has 4 nitrogen and oxygen atoms in total. The lowest BCUT2D eigenvalue weighted by Gasteiger charge is -1.98. The summed E-state index contributed by atoms with van der Waals surface area (Å²) in [6.45, 7) is 1.71. The first kappa shape index (κ1) is 7.81. The number of aryl methyl sites for hydroxylation is 1. The summed E-state index contributed by atoms with van der Waals surface area (Å²) in [5, 5.41) is 0. The highest BCUT2D eigenvalue weighted by Crippen LogP contribution is 2.07. The van der Waals surface area contributed by atoms with Crippen LogP contribution in [0.3, 0.4) is 0 Å². The summed E-state index contributed by atoms with van der Waals surface area (Å²) < 4.78 is 4.92. The van der Waals surface area contributed by atoms with Crippen molar-refractivity contribution < 1.29 is 14.0 Å². The smallest absolute Gasteiger partial charge is 0.278 e. The van der Waals surface area contributed by atoms with Gasteiger partial charge in [-0.05, 0) is 13.0 Å². The van der Waals surface area contributed by atoms with Crippen LogP contribution in [0.15, 0.2) is 16.7 Å². The molecule has 1 aromatic rings. The van der Waals surface area contributed by atoms with E-state index in [1.165, 1.54) is 13.4 Å². The molecule has 0 saturated carbocycles. The summed E-state index contributed by atoms with van der Waals surface area (Å²) >= 11 is 0. The van der Waals surface area contributed by atoms with Crippen LogP contribution in [-0.2, 0) is 4.84 Å². The Labute approximate surface area is 64.1 Å². The largest absolute Gasteiger partial charge is 0.469 e. The molecule has 0 fully saturated rings. The highest BCUT2D eigenvalue weighted by atomic mass is 16.6. The summed E-state index contributed by atoms with van der Waals surface area (Å²) in [6.07, 6.45) is 1.46. The lowest BCUT2D eigenvalue weighted by molar-refractivity contribution is 0.0536. The van der Waals surface area contributed by atoms with E-state index in [0.717, 1.165) is 0 Å². The van der Waals surface area contributed by atoms with Crippen LogP contribution in [0.25, 0.3) is 0 Å². The molecule has 0 unspecified atom stereocenters. The topological polar surface area (TPSA) is 51.5 Å². The van der Waals surface area contributed by atoms with Crippen molar-refractivity contribution in [3.05, 3.63) is 23.7 Å². The van der Waals surface area contributed by atoms with Gasteiger partial charge < -0.3 is 4.42 Å². The zero-order valence-electron chi connectivity index (χ0n) is 6.38. The molecule has 1 aromatic heterocycles. The van der Waals surface area contributed by atoms with Crippen LogP contribution in [0.4, 0.5) is 0 Å². The fraction of sp³-hybridized carbons (Fsp3) is 0.286. The van der Waals surface area contributed by atoms with Gasteiger partial charge in [0.15, 0.2) is 0 Å². The fourth-order valence-electron chi connectivity index (χ4n) is 0.768. The monoisotopic (exact) mass is 155 g/mol. The lowest BCUT2D eigenvalue weighted by Crippen LogP contribution is -2.21. The van der Waals surface area contributed by atoms with Gasteiger partial charge in [-0.15, -0.1) is 0 Å². The van der Waals surface area contributed by atoms with Crippen LogP contribution < -0.4 is 5.48 Å². The molecule has 0 saturated heterocycles. The molecule has 0 bridgehead atoms. The molecule has 1 N–H and O–H groups in total. The standard InChI is InChI=1S/C7H9NO3/c1-5-6(3-4-11-5)7(9)8-10-2/h3-4H,1-2H3,(H,8,9). The Bertz CT molecular complexity index is 254. The van der Waals surface area contributed by atoms with Gasteiger partial charge in [-0.25, -0.2) is 5.48 Å². The van der Waals surface area contributed by atoms with Crippen molar-refractivity contribution in [3.8, 4) is 0 Å². The van der Waals surface area contributed by atoms with Gasteiger partial charge in [-0.1, -0.05) is 0 Å². The molecule has 0 atom stereocenters. The van der Waals surface area contributed by atoms with Crippen molar-refractivity contribution in [1.29, 1.82) is 0 Å². The van der Waals surface area contributed by atoms with E-state index >= 15 is 0 Å². The van der Waals surface area contributed by atoms with E-state index in [2.05, 4.69) is 10.3 Å². The van der Waals surface area contributed by atoms with Crippen LogP contribution in [-0.4, -0.2) is 13.0 Å². The maximum absolute atomic E-state index is 11.0. The summed E-state index contributed by atoms with van der Waals surface area (Å²) in [5.74, 6) is 0.290. The fourth-order valence-corrected chi connectivity index (χ4v) is 0.768. The molecule has 1 rings (SSSR count). The highest BCUT2D eigenvalue weighted by molar-refractivity contribution is 5.94. The second-order valence-electron chi connectivity index (χ2n) is 2.03. The second-order valence-corrected chi connectivity index (χ2v) is 2.03. The predicted octanol–water partition coefficient (Wildman–Crippen LogP) is 0.879. The van der Waals surface area contributed by atoms with E-state index in [4.69, 9.17) is 4.42 Å². The molecular formula is C7H9NO3. The molecule has 0 aromatic carbocycles. The van der Waals surface area contributed by atoms with Gasteiger partial charge in [0, 0.05) is 0 Å². The van der Waals surface area contributed by atoms with Gasteiger partial charge in [-0.3, -0.25) is 9.63 Å². The molecule has 0 aliphatic heterocycles. The quantitative estimate of drug-likeness (QED) is 0.645. The van der Waals surface area contributed by atoms with Crippen molar-refractivity contribution in [1.82, 2.24) is 5.48 Å². The van der Waals surface area contributed by atoms with Crippen molar-refractivity contribution in [3.63, 3.8) is 0 Å². The van der Waals surface area contributed by atoms with Crippen LogP contribution in [0.1, 0.15) is 16.1 Å². The van der Waals surface area contributed by atoms with Gasteiger partial charge in [0.2, 0.25) is 0 Å². The normalized spacial score (nSPS) is 9.64. The minimum atomic E-state index is -0.293. The summed E-state index contributed by atoms with van der Waals surface area (Å²) in [7, 11) is 1.38. The molecule has 0 aliphatic carbocycles. The molecule has 0 spiro atoms. The van der Waals surface area contributed by atoms with Crippen LogP contribution in [0, 0.1) is 6.92 Å². The third kappa shape index (κ3) is 1.59. The number of carbonyl (C=O) groups is 1. The maximum Gasteiger partial charge on any atom is 0.278 e. The number of furan rings is 1. The summed E-state index contributed by atoms with van der Waals surface area (Å²) in [5.41, 5.74) is 2.68. The first-order chi connectivity index (χ1) is 5.25. The zero-order valence-corrected chi connectivity index (χ0v) is 6.38. The first-order valence-electron chi connectivity index (χ1n) is 3.13. The number of nitrogens with one attached hydrogen (secondary N) is 1. The average molecular weight is 155 g/mol. The summed E-state index contributed by atoms with van der Waals surface area (Å²) in [4.78, 5) is 15.5. The van der Waals surface area contributed by atoms with Crippen molar-refractivity contribution in [2.75, 3.05) is 7.11 Å². The molecule has 60 valence electrons. The van der Waals surface area contributed by atoms with Gasteiger partial charge in [0.1, 0.15) is 5.76 Å². The Balaban J connectivity index is 2.76. The van der Waals surface area contributed by atoms with E-state index in [9.17, 15) is 4.79 Å². The molecule has 4 heteroatoms. The number of hydrogen-bond acceptors (Lipinski definition) is 3. The van der Waals surface area contributed by atoms with Crippen molar-refractivity contribution in [2.24, 2.45) is 0 Å². The molecular weight excluding hydrogens is 146 g/mol. The minimum Gasteiger partial charge on any atom is -0.469 e. The van der Waals surface area contributed by atoms with E-state index in [1.807, 2.05) is 0 Å². The average Bonchev–Trinajstić information content (AvgIpc) is 2.36. The number of hydroxylamine groups is 1. The second kappa shape index (κ2) is 3.21. The van der Waals surface area contributed by atoms with Crippen LogP contribution >= 0.6 is 0 Å². The summed E-state index contributed by atoms with van der Waals surface area (Å²) in [6, 6.07) is 1.59. The maximum atomic E-state index is 11.0. The van der Waals surface area contributed by atoms with E-state index in [-0.39, 0.29) is 5.91 Å². The Hall–Kier alpha value is -1.29. The first-order valence-corrected chi connectivity index (χ1v) is 3.13. The zero-order chi connectivity index (χ0) is 8.27. The molecule has 0 aliphatic rings. The molecule has 0 radical (unpaired) electrons. The third-order valence-corrected chi connectivity index (χ3v) is 1.30. The number of hydrogen-bond donors (Lipinski definition) is 1. The molecule has 11 heavy (non-hydrogen) atoms. The Kier molecular flexibility index (Phi) is 2.28. The van der Waals surface area contributed by atoms with Crippen molar-refractivity contribution >= 4 is 5.91 Å². The number of amides is 1. The van der Waals surface area contributed by atoms with Crippen LogP contribution in [0.2, 0.25) is 0 Å². The predicted molar refractivity (Wildman–Crippen MR) is 37.9 cm³/mol. The minimum absolute atomic E-state index is 0.293. The van der Waals surface area contributed by atoms with Gasteiger partial charge in [0.05, 0.1) is 18.9 Å². The Morgan fingerprint density at radius 2 is 2.45 bits per heavy atom. The van der Waals surface area contributed by atoms with Gasteiger partial charge in [0.25, 0.3) is 5.91 Å². The van der Waals surface area contributed by atoms with E-state index in [1.54, 1.807) is 13.0 Å². The Morgan fingerprint density at radius 3 is 2.91 bits per heavy atom. The van der Waals surface area contributed by atoms with E-state index in [0.29, 0.717) is 11.3 Å². The third-order valence-electron chi connectivity index (χ3n) is 1.30. The van der Waals surface area contributed by atoms with Crippen molar-refractivity contribution in [2.45, 2.75) is 6.92 Å². The molecule has 1 heterocycles. The van der Waals surface area contributed by atoms with Gasteiger partial charge in [-0.2, -0.15) is 0 Å². The Morgan fingerprint density at radius 1 is 1.73 bits per heavy atom. The number of carbonyl (C=O) groups excluding carboxylic acids is 1. The van der Waals surface area contributed by atoms with Crippen LogP contribution in [0.5, 0.6) is 0 Å².